The molecular weight excluding hydrogens is 284 g/mol. The summed E-state index contributed by atoms with van der Waals surface area (Å²) in [7, 11) is 0. The number of carbonyl (C=O) groups is 1. The second kappa shape index (κ2) is 6.69. The summed E-state index contributed by atoms with van der Waals surface area (Å²) in [4.78, 5) is 17.9. The second-order valence-electron chi connectivity index (χ2n) is 5.18. The number of nitrogens with one attached hydrogen (secondary N) is 2. The number of anilines is 1. The van der Waals surface area contributed by atoms with E-state index in [1.54, 1.807) is 17.4 Å². The van der Waals surface area contributed by atoms with Crippen LogP contribution in [0.1, 0.15) is 53.7 Å². The van der Waals surface area contributed by atoms with Crippen molar-refractivity contribution < 1.29 is 4.79 Å². The third-order valence-corrected chi connectivity index (χ3v) is 4.22. The molecule has 0 bridgehead atoms. The number of nitrogen functional groups attached to an aromatic ring is 1. The Kier molecular flexibility index (Phi) is 4.93. The highest BCUT2D eigenvalue weighted by Crippen LogP contribution is 2.20. The summed E-state index contributed by atoms with van der Waals surface area (Å²) in [5.74, 6) is 6.01. The standard InChI is InChI=1S/C15H20N4OS/c1-9(2)12-7-11(8-14(18-12)19-16)15(20)17-10(3)13-5-4-6-21-13/h4-10H,16H2,1-3H3,(H,17,20)(H,18,19). The fraction of sp³-hybridized carbons (Fsp3) is 0.333. The SMILES string of the molecule is CC(C)c1cc(C(=O)NC(C)c2cccs2)cc(NN)n1. The number of pyridine rings is 1. The van der Waals surface area contributed by atoms with Crippen molar-refractivity contribution in [3.8, 4) is 0 Å². The van der Waals surface area contributed by atoms with Crippen LogP contribution in [0.5, 0.6) is 0 Å². The second-order valence-corrected chi connectivity index (χ2v) is 6.15. The number of nitrogens with two attached hydrogens (primary N) is 1. The van der Waals surface area contributed by atoms with Crippen LogP contribution in [-0.2, 0) is 0 Å². The lowest BCUT2D eigenvalue weighted by atomic mass is 10.1. The van der Waals surface area contributed by atoms with E-state index in [1.165, 1.54) is 0 Å². The smallest absolute Gasteiger partial charge is 0.251 e. The predicted molar refractivity (Wildman–Crippen MR) is 86.3 cm³/mol. The molecule has 0 aliphatic heterocycles. The number of amides is 1. The van der Waals surface area contributed by atoms with E-state index >= 15 is 0 Å². The van der Waals surface area contributed by atoms with Crippen LogP contribution in [0.4, 0.5) is 5.82 Å². The van der Waals surface area contributed by atoms with Crippen molar-refractivity contribution >= 4 is 23.1 Å². The fourth-order valence-electron chi connectivity index (χ4n) is 1.94. The zero-order valence-corrected chi connectivity index (χ0v) is 13.2. The molecule has 1 unspecified atom stereocenters. The van der Waals surface area contributed by atoms with Gasteiger partial charge in [0.25, 0.3) is 5.91 Å². The summed E-state index contributed by atoms with van der Waals surface area (Å²) in [6, 6.07) is 7.42. The Hall–Kier alpha value is -1.92. The number of aromatic nitrogens is 1. The third kappa shape index (κ3) is 3.80. The van der Waals surface area contributed by atoms with Crippen LogP contribution in [-0.4, -0.2) is 10.9 Å². The summed E-state index contributed by atoms with van der Waals surface area (Å²) < 4.78 is 0. The largest absolute Gasteiger partial charge is 0.345 e. The molecule has 4 N–H and O–H groups in total. The van der Waals surface area contributed by atoms with E-state index in [-0.39, 0.29) is 17.9 Å². The number of hydrogen-bond donors (Lipinski definition) is 3. The Morgan fingerprint density at radius 2 is 2.10 bits per heavy atom. The molecule has 1 atom stereocenters. The Morgan fingerprint density at radius 1 is 1.33 bits per heavy atom. The number of nitrogens with zero attached hydrogens (tertiary/aromatic N) is 1. The van der Waals surface area contributed by atoms with Gasteiger partial charge in [0.15, 0.2) is 0 Å². The van der Waals surface area contributed by atoms with Crippen molar-refractivity contribution in [2.24, 2.45) is 5.84 Å². The number of rotatable bonds is 5. The zero-order valence-electron chi connectivity index (χ0n) is 12.4. The first-order chi connectivity index (χ1) is 10.0. The van der Waals surface area contributed by atoms with E-state index in [9.17, 15) is 4.79 Å². The lowest BCUT2D eigenvalue weighted by Gasteiger charge is -2.14. The number of hydrazine groups is 1. The molecule has 0 saturated heterocycles. The summed E-state index contributed by atoms with van der Waals surface area (Å²) >= 11 is 1.62. The Balaban J connectivity index is 2.20. The molecule has 2 aromatic rings. The molecule has 2 rings (SSSR count). The fourth-order valence-corrected chi connectivity index (χ4v) is 2.68. The molecule has 6 heteroatoms. The lowest BCUT2D eigenvalue weighted by Crippen LogP contribution is -2.26. The van der Waals surface area contributed by atoms with Crippen LogP contribution in [0.25, 0.3) is 0 Å². The van der Waals surface area contributed by atoms with Crippen molar-refractivity contribution in [3.63, 3.8) is 0 Å². The first-order valence-corrected chi connectivity index (χ1v) is 7.72. The molecule has 0 aliphatic rings. The van der Waals surface area contributed by atoms with E-state index in [0.717, 1.165) is 10.6 Å². The van der Waals surface area contributed by atoms with Crippen molar-refractivity contribution in [1.82, 2.24) is 10.3 Å². The van der Waals surface area contributed by atoms with Crippen molar-refractivity contribution in [1.29, 1.82) is 0 Å². The minimum absolute atomic E-state index is 0.0255. The van der Waals surface area contributed by atoms with Gasteiger partial charge in [0, 0.05) is 16.1 Å². The zero-order chi connectivity index (χ0) is 15.4. The van der Waals surface area contributed by atoms with Crippen LogP contribution in [0, 0.1) is 0 Å². The van der Waals surface area contributed by atoms with Gasteiger partial charge in [0.1, 0.15) is 5.82 Å². The van der Waals surface area contributed by atoms with E-state index in [2.05, 4.69) is 15.7 Å². The Bertz CT molecular complexity index is 610. The van der Waals surface area contributed by atoms with E-state index in [1.807, 2.05) is 44.4 Å². The maximum atomic E-state index is 12.4. The number of carbonyl (C=O) groups excluding carboxylic acids is 1. The van der Waals surface area contributed by atoms with Gasteiger partial charge in [-0.1, -0.05) is 19.9 Å². The molecule has 0 fully saturated rings. The van der Waals surface area contributed by atoms with Gasteiger partial charge in [-0.3, -0.25) is 4.79 Å². The van der Waals surface area contributed by atoms with Crippen LogP contribution < -0.4 is 16.6 Å². The van der Waals surface area contributed by atoms with Gasteiger partial charge < -0.3 is 10.7 Å². The third-order valence-electron chi connectivity index (χ3n) is 3.16. The maximum absolute atomic E-state index is 12.4. The van der Waals surface area contributed by atoms with Crippen molar-refractivity contribution in [3.05, 3.63) is 45.8 Å². The highest BCUT2D eigenvalue weighted by molar-refractivity contribution is 7.10. The van der Waals surface area contributed by atoms with E-state index < -0.39 is 0 Å². The molecule has 0 saturated carbocycles. The summed E-state index contributed by atoms with van der Waals surface area (Å²) in [6.45, 7) is 6.02. The highest BCUT2D eigenvalue weighted by atomic mass is 32.1. The molecule has 0 aromatic carbocycles. The molecule has 0 radical (unpaired) electrons. The van der Waals surface area contributed by atoms with Crippen molar-refractivity contribution in [2.45, 2.75) is 32.7 Å². The molecule has 0 aliphatic carbocycles. The Labute approximate surface area is 128 Å². The molecular formula is C15H20N4OS. The molecule has 2 aromatic heterocycles. The van der Waals surface area contributed by atoms with Crippen LogP contribution in [0.3, 0.4) is 0 Å². The minimum Gasteiger partial charge on any atom is -0.345 e. The van der Waals surface area contributed by atoms with E-state index in [0.29, 0.717) is 11.4 Å². The molecule has 1 amide bonds. The predicted octanol–water partition coefficient (Wildman–Crippen LogP) is 3.04. The first-order valence-electron chi connectivity index (χ1n) is 6.84. The lowest BCUT2D eigenvalue weighted by molar-refractivity contribution is 0.0940. The minimum atomic E-state index is -0.128. The average Bonchev–Trinajstić information content (AvgIpc) is 3.00. The van der Waals surface area contributed by atoms with Crippen LogP contribution in [0.15, 0.2) is 29.6 Å². The van der Waals surface area contributed by atoms with Crippen molar-refractivity contribution in [2.75, 3.05) is 5.43 Å². The van der Waals surface area contributed by atoms with E-state index in [4.69, 9.17) is 5.84 Å². The van der Waals surface area contributed by atoms with Gasteiger partial charge in [-0.25, -0.2) is 10.8 Å². The molecule has 0 spiro atoms. The first kappa shape index (κ1) is 15.5. The number of thiophene rings is 1. The number of hydrogen-bond acceptors (Lipinski definition) is 5. The van der Waals surface area contributed by atoms with Gasteiger partial charge in [-0.05, 0) is 36.4 Å². The van der Waals surface area contributed by atoms with Gasteiger partial charge in [-0.15, -0.1) is 11.3 Å². The van der Waals surface area contributed by atoms with Gasteiger partial charge in [0.05, 0.1) is 6.04 Å². The van der Waals surface area contributed by atoms with Crippen LogP contribution in [0.2, 0.25) is 0 Å². The van der Waals surface area contributed by atoms with Gasteiger partial charge in [0.2, 0.25) is 0 Å². The molecule has 2 heterocycles. The molecule has 112 valence electrons. The normalized spacial score (nSPS) is 12.2. The quantitative estimate of drug-likeness (QED) is 0.586. The van der Waals surface area contributed by atoms with Gasteiger partial charge >= 0.3 is 0 Å². The molecule has 21 heavy (non-hydrogen) atoms. The summed E-state index contributed by atoms with van der Waals surface area (Å²) in [5.41, 5.74) is 3.90. The average molecular weight is 304 g/mol. The Morgan fingerprint density at radius 3 is 2.67 bits per heavy atom. The molecule has 5 nitrogen and oxygen atoms in total. The topological polar surface area (TPSA) is 80.0 Å². The summed E-state index contributed by atoms with van der Waals surface area (Å²) in [6.07, 6.45) is 0. The van der Waals surface area contributed by atoms with Gasteiger partial charge in [-0.2, -0.15) is 0 Å². The highest BCUT2D eigenvalue weighted by Gasteiger charge is 2.15. The van der Waals surface area contributed by atoms with Crippen LogP contribution >= 0.6 is 11.3 Å². The maximum Gasteiger partial charge on any atom is 0.251 e. The summed E-state index contributed by atoms with van der Waals surface area (Å²) in [5, 5.41) is 4.99. The monoisotopic (exact) mass is 304 g/mol.